The van der Waals surface area contributed by atoms with E-state index >= 15 is 0 Å². The van der Waals surface area contributed by atoms with Crippen molar-refractivity contribution in [2.24, 2.45) is 11.1 Å². The molecule has 2 fully saturated rings. The van der Waals surface area contributed by atoms with Crippen molar-refractivity contribution in [2.75, 3.05) is 32.8 Å². The Kier molecular flexibility index (Phi) is 4.32. The highest BCUT2D eigenvalue weighted by molar-refractivity contribution is 4.92. The van der Waals surface area contributed by atoms with E-state index in [2.05, 4.69) is 18.7 Å². The smallest absolute Gasteiger partial charge is 0.0940 e. The van der Waals surface area contributed by atoms with E-state index in [9.17, 15) is 5.11 Å². The number of hydrogen-bond acceptors (Lipinski definition) is 4. The van der Waals surface area contributed by atoms with Gasteiger partial charge in [0.2, 0.25) is 0 Å². The molecule has 1 aliphatic heterocycles. The van der Waals surface area contributed by atoms with Crippen LogP contribution in [0, 0.1) is 5.41 Å². The van der Waals surface area contributed by atoms with Crippen LogP contribution in [0.5, 0.6) is 0 Å². The summed E-state index contributed by atoms with van der Waals surface area (Å²) >= 11 is 0. The van der Waals surface area contributed by atoms with E-state index in [4.69, 9.17) is 10.5 Å². The summed E-state index contributed by atoms with van der Waals surface area (Å²) in [5.41, 5.74) is 6.16. The molecule has 0 amide bonds. The van der Waals surface area contributed by atoms with Gasteiger partial charge in [-0.3, -0.25) is 4.90 Å². The number of hydrogen-bond donors (Lipinski definition) is 2. The third kappa shape index (κ3) is 3.23. The van der Waals surface area contributed by atoms with E-state index < -0.39 is 0 Å². The first kappa shape index (κ1) is 14.3. The van der Waals surface area contributed by atoms with Gasteiger partial charge >= 0.3 is 0 Å². The standard InChI is InChI=1S/C14H28N2O2/c1-13(2)10-16(7-12(8-17)18-13)11-14(9-15)5-3-4-6-14/h12,17H,3-11,15H2,1-2H3. The average molecular weight is 256 g/mol. The number of aliphatic hydroxyl groups excluding tert-OH is 1. The lowest BCUT2D eigenvalue weighted by atomic mass is 9.85. The van der Waals surface area contributed by atoms with Gasteiger partial charge in [-0.1, -0.05) is 12.8 Å². The minimum absolute atomic E-state index is 0.0509. The molecule has 4 nitrogen and oxygen atoms in total. The molecule has 1 heterocycles. The SMILES string of the molecule is CC1(C)CN(CC2(CN)CCCC2)CC(CO)O1. The molecule has 106 valence electrons. The number of ether oxygens (including phenoxy) is 1. The van der Waals surface area contributed by atoms with Crippen LogP contribution in [-0.2, 0) is 4.74 Å². The predicted molar refractivity (Wildman–Crippen MR) is 72.4 cm³/mol. The maximum Gasteiger partial charge on any atom is 0.0940 e. The lowest BCUT2D eigenvalue weighted by Crippen LogP contribution is -2.56. The van der Waals surface area contributed by atoms with Gasteiger partial charge in [-0.15, -0.1) is 0 Å². The minimum atomic E-state index is -0.167. The zero-order valence-electron chi connectivity index (χ0n) is 11.8. The Morgan fingerprint density at radius 1 is 1.33 bits per heavy atom. The van der Waals surface area contributed by atoms with Crippen LogP contribution < -0.4 is 5.73 Å². The van der Waals surface area contributed by atoms with Crippen LogP contribution in [-0.4, -0.2) is 54.5 Å². The zero-order chi connectivity index (χ0) is 13.2. The summed E-state index contributed by atoms with van der Waals surface area (Å²) in [4.78, 5) is 2.45. The number of nitrogens with zero attached hydrogens (tertiary/aromatic N) is 1. The summed E-state index contributed by atoms with van der Waals surface area (Å²) < 4.78 is 5.86. The van der Waals surface area contributed by atoms with Gasteiger partial charge in [0.15, 0.2) is 0 Å². The molecule has 0 aromatic heterocycles. The molecule has 1 atom stereocenters. The molecular weight excluding hydrogens is 228 g/mol. The maximum atomic E-state index is 9.35. The molecule has 1 aliphatic carbocycles. The highest BCUT2D eigenvalue weighted by atomic mass is 16.5. The van der Waals surface area contributed by atoms with Crippen LogP contribution in [0.15, 0.2) is 0 Å². The second kappa shape index (κ2) is 5.45. The van der Waals surface area contributed by atoms with Gasteiger partial charge in [-0.05, 0) is 38.6 Å². The topological polar surface area (TPSA) is 58.7 Å². The average Bonchev–Trinajstić information content (AvgIpc) is 2.76. The summed E-state index contributed by atoms with van der Waals surface area (Å²) in [5.74, 6) is 0. The van der Waals surface area contributed by atoms with E-state index in [0.29, 0.717) is 5.41 Å². The van der Waals surface area contributed by atoms with E-state index in [0.717, 1.165) is 26.2 Å². The molecule has 1 saturated carbocycles. The van der Waals surface area contributed by atoms with Gasteiger partial charge < -0.3 is 15.6 Å². The number of aliphatic hydroxyl groups is 1. The van der Waals surface area contributed by atoms with Gasteiger partial charge in [0.25, 0.3) is 0 Å². The van der Waals surface area contributed by atoms with Crippen molar-refractivity contribution < 1.29 is 9.84 Å². The summed E-state index contributed by atoms with van der Waals surface area (Å²) in [6.45, 7) is 7.93. The highest BCUT2D eigenvalue weighted by Gasteiger charge is 2.39. The largest absolute Gasteiger partial charge is 0.394 e. The van der Waals surface area contributed by atoms with Crippen LogP contribution in [0.25, 0.3) is 0 Å². The van der Waals surface area contributed by atoms with Crippen molar-refractivity contribution >= 4 is 0 Å². The Balaban J connectivity index is 1.99. The number of rotatable bonds is 4. The fraction of sp³-hybridized carbons (Fsp3) is 1.00. The zero-order valence-corrected chi connectivity index (χ0v) is 11.8. The normalized spacial score (nSPS) is 31.7. The lowest BCUT2D eigenvalue weighted by Gasteiger charge is -2.45. The van der Waals surface area contributed by atoms with Crippen molar-refractivity contribution in [1.82, 2.24) is 4.90 Å². The molecule has 0 bridgehead atoms. The van der Waals surface area contributed by atoms with Gasteiger partial charge in [0, 0.05) is 19.6 Å². The van der Waals surface area contributed by atoms with Crippen molar-refractivity contribution in [3.8, 4) is 0 Å². The molecule has 2 aliphatic rings. The van der Waals surface area contributed by atoms with E-state index in [1.54, 1.807) is 0 Å². The predicted octanol–water partition coefficient (Wildman–Crippen LogP) is 0.977. The third-order valence-corrected chi connectivity index (χ3v) is 4.41. The fourth-order valence-electron chi connectivity index (χ4n) is 3.66. The molecular formula is C14H28N2O2. The van der Waals surface area contributed by atoms with E-state index in [1.165, 1.54) is 25.7 Å². The first-order chi connectivity index (χ1) is 8.49. The van der Waals surface area contributed by atoms with Gasteiger partial charge in [-0.25, -0.2) is 0 Å². The molecule has 1 unspecified atom stereocenters. The molecule has 4 heteroatoms. The number of morpholine rings is 1. The Hall–Kier alpha value is -0.160. The Morgan fingerprint density at radius 3 is 2.56 bits per heavy atom. The van der Waals surface area contributed by atoms with E-state index in [1.807, 2.05) is 0 Å². The van der Waals surface area contributed by atoms with Gasteiger partial charge in [-0.2, -0.15) is 0 Å². The second-order valence-corrected chi connectivity index (χ2v) is 6.76. The quantitative estimate of drug-likeness (QED) is 0.787. The highest BCUT2D eigenvalue weighted by Crippen LogP contribution is 2.38. The minimum Gasteiger partial charge on any atom is -0.394 e. The molecule has 18 heavy (non-hydrogen) atoms. The van der Waals surface area contributed by atoms with Crippen LogP contribution in [0.2, 0.25) is 0 Å². The Morgan fingerprint density at radius 2 is 2.00 bits per heavy atom. The van der Waals surface area contributed by atoms with Crippen molar-refractivity contribution in [3.63, 3.8) is 0 Å². The maximum absolute atomic E-state index is 9.35. The van der Waals surface area contributed by atoms with Crippen LogP contribution in [0.1, 0.15) is 39.5 Å². The van der Waals surface area contributed by atoms with Crippen molar-refractivity contribution in [3.05, 3.63) is 0 Å². The molecule has 0 radical (unpaired) electrons. The summed E-state index contributed by atoms with van der Waals surface area (Å²) in [6.07, 6.45) is 5.09. The van der Waals surface area contributed by atoms with Gasteiger partial charge in [0.1, 0.15) is 0 Å². The molecule has 3 N–H and O–H groups in total. The van der Waals surface area contributed by atoms with Crippen molar-refractivity contribution in [2.45, 2.75) is 51.2 Å². The van der Waals surface area contributed by atoms with Crippen LogP contribution in [0.4, 0.5) is 0 Å². The molecule has 2 rings (SSSR count). The fourth-order valence-corrected chi connectivity index (χ4v) is 3.66. The number of nitrogens with two attached hydrogens (primary N) is 1. The lowest BCUT2D eigenvalue weighted by molar-refractivity contribution is -0.153. The van der Waals surface area contributed by atoms with Crippen LogP contribution in [0.3, 0.4) is 0 Å². The Bertz CT molecular complexity index is 275. The molecule has 0 aromatic carbocycles. The second-order valence-electron chi connectivity index (χ2n) is 6.76. The summed E-state index contributed by atoms with van der Waals surface area (Å²) in [5, 5.41) is 9.35. The first-order valence-electron chi connectivity index (χ1n) is 7.20. The van der Waals surface area contributed by atoms with E-state index in [-0.39, 0.29) is 18.3 Å². The molecule has 0 spiro atoms. The van der Waals surface area contributed by atoms with Gasteiger partial charge in [0.05, 0.1) is 18.3 Å². The molecule has 0 aromatic rings. The van der Waals surface area contributed by atoms with Crippen molar-refractivity contribution in [1.29, 1.82) is 0 Å². The summed E-state index contributed by atoms with van der Waals surface area (Å²) in [6, 6.07) is 0. The summed E-state index contributed by atoms with van der Waals surface area (Å²) in [7, 11) is 0. The molecule has 1 saturated heterocycles. The first-order valence-corrected chi connectivity index (χ1v) is 7.20. The third-order valence-electron chi connectivity index (χ3n) is 4.41. The Labute approximate surface area is 110 Å². The monoisotopic (exact) mass is 256 g/mol. The van der Waals surface area contributed by atoms with Crippen LogP contribution >= 0.6 is 0 Å².